The second kappa shape index (κ2) is 9.84. The number of benzene rings is 2. The van der Waals surface area contributed by atoms with Gasteiger partial charge in [0.25, 0.3) is 0 Å². The standard InChI is InChI=1S/C19H21FN2O2S/c1-2-14-7-9-15(10-8-14)11-12-18(23)21-22-19(24)13-25-17-6-4-3-5-16(17)20/h3-10H,2,11-13H2,1H3,(H,21,23)(H,22,24). The van der Waals surface area contributed by atoms with Crippen LogP contribution < -0.4 is 10.9 Å². The largest absolute Gasteiger partial charge is 0.273 e. The highest BCUT2D eigenvalue weighted by Gasteiger charge is 2.08. The fourth-order valence-corrected chi connectivity index (χ4v) is 2.88. The zero-order chi connectivity index (χ0) is 18.1. The number of halogens is 1. The summed E-state index contributed by atoms with van der Waals surface area (Å²) in [5.41, 5.74) is 7.06. The van der Waals surface area contributed by atoms with E-state index in [4.69, 9.17) is 0 Å². The molecule has 2 aromatic rings. The van der Waals surface area contributed by atoms with Crippen LogP contribution in [0.2, 0.25) is 0 Å². The summed E-state index contributed by atoms with van der Waals surface area (Å²) < 4.78 is 13.4. The van der Waals surface area contributed by atoms with Gasteiger partial charge in [-0.25, -0.2) is 4.39 Å². The molecule has 0 aromatic heterocycles. The maximum atomic E-state index is 13.4. The topological polar surface area (TPSA) is 58.2 Å². The maximum Gasteiger partial charge on any atom is 0.248 e. The molecule has 0 bridgehead atoms. The number of nitrogens with one attached hydrogen (secondary N) is 2. The van der Waals surface area contributed by atoms with E-state index in [0.29, 0.717) is 11.3 Å². The van der Waals surface area contributed by atoms with Gasteiger partial charge in [-0.3, -0.25) is 20.4 Å². The molecule has 0 aliphatic carbocycles. The van der Waals surface area contributed by atoms with Gasteiger partial charge in [-0.2, -0.15) is 0 Å². The van der Waals surface area contributed by atoms with E-state index in [1.807, 2.05) is 12.1 Å². The molecule has 4 nitrogen and oxygen atoms in total. The van der Waals surface area contributed by atoms with E-state index in [1.54, 1.807) is 18.2 Å². The Morgan fingerprint density at radius 1 is 0.960 bits per heavy atom. The lowest BCUT2D eigenvalue weighted by Gasteiger charge is -2.08. The smallest absolute Gasteiger partial charge is 0.248 e. The van der Waals surface area contributed by atoms with E-state index in [9.17, 15) is 14.0 Å². The van der Waals surface area contributed by atoms with Crippen molar-refractivity contribution in [2.75, 3.05) is 5.75 Å². The number of hydrogen-bond acceptors (Lipinski definition) is 3. The van der Waals surface area contributed by atoms with Crippen LogP contribution in [0.3, 0.4) is 0 Å². The molecule has 25 heavy (non-hydrogen) atoms. The summed E-state index contributed by atoms with van der Waals surface area (Å²) in [6, 6.07) is 14.4. The molecule has 2 rings (SSSR count). The number of carbonyl (C=O) groups excluding carboxylic acids is 2. The van der Waals surface area contributed by atoms with Gasteiger partial charge < -0.3 is 0 Å². The summed E-state index contributed by atoms with van der Waals surface area (Å²) in [6.07, 6.45) is 1.87. The van der Waals surface area contributed by atoms with Gasteiger partial charge in [0.2, 0.25) is 11.8 Å². The first kappa shape index (κ1) is 19.0. The first-order valence-electron chi connectivity index (χ1n) is 8.11. The molecule has 6 heteroatoms. The van der Waals surface area contributed by atoms with Crippen LogP contribution in [0.1, 0.15) is 24.5 Å². The Bertz CT molecular complexity index is 720. The monoisotopic (exact) mass is 360 g/mol. The van der Waals surface area contributed by atoms with Crippen LogP contribution in [-0.2, 0) is 22.4 Å². The number of aryl methyl sites for hydroxylation is 2. The molecule has 0 fully saturated rings. The van der Waals surface area contributed by atoms with Gasteiger partial charge in [-0.05, 0) is 36.1 Å². The molecule has 2 N–H and O–H groups in total. The van der Waals surface area contributed by atoms with Crippen LogP contribution in [0.4, 0.5) is 4.39 Å². The van der Waals surface area contributed by atoms with Gasteiger partial charge in [0.1, 0.15) is 5.82 Å². The van der Waals surface area contributed by atoms with E-state index in [1.165, 1.54) is 11.6 Å². The van der Waals surface area contributed by atoms with Crippen LogP contribution in [0.15, 0.2) is 53.4 Å². The van der Waals surface area contributed by atoms with Gasteiger partial charge in [0.15, 0.2) is 0 Å². The molecule has 0 unspecified atom stereocenters. The van der Waals surface area contributed by atoms with E-state index in [0.717, 1.165) is 23.7 Å². The SMILES string of the molecule is CCc1ccc(CCC(=O)NNC(=O)CSc2ccccc2F)cc1. The minimum Gasteiger partial charge on any atom is -0.273 e. The molecular weight excluding hydrogens is 339 g/mol. The molecule has 2 amide bonds. The Kier molecular flexibility index (Phi) is 7.47. The minimum atomic E-state index is -0.381. The number of hydrazine groups is 1. The number of thioether (sulfide) groups is 1. The summed E-state index contributed by atoms with van der Waals surface area (Å²) in [7, 11) is 0. The number of carbonyl (C=O) groups is 2. The third-order valence-corrected chi connectivity index (χ3v) is 4.66. The lowest BCUT2D eigenvalue weighted by atomic mass is 10.1. The highest BCUT2D eigenvalue weighted by molar-refractivity contribution is 8.00. The van der Waals surface area contributed by atoms with Crippen molar-refractivity contribution in [3.05, 3.63) is 65.5 Å². The third kappa shape index (κ3) is 6.58. The second-order valence-corrected chi connectivity index (χ2v) is 6.50. The Morgan fingerprint density at radius 3 is 2.28 bits per heavy atom. The summed E-state index contributed by atoms with van der Waals surface area (Å²) in [5.74, 6) is -0.976. The van der Waals surface area contributed by atoms with Crippen molar-refractivity contribution < 1.29 is 14.0 Å². The summed E-state index contributed by atoms with van der Waals surface area (Å²) >= 11 is 1.08. The van der Waals surface area contributed by atoms with Crippen molar-refractivity contribution in [1.82, 2.24) is 10.9 Å². The molecule has 0 aliphatic rings. The van der Waals surface area contributed by atoms with E-state index >= 15 is 0 Å². The zero-order valence-electron chi connectivity index (χ0n) is 14.0. The highest BCUT2D eigenvalue weighted by Crippen LogP contribution is 2.20. The van der Waals surface area contributed by atoms with Crippen molar-refractivity contribution in [2.45, 2.75) is 31.1 Å². The van der Waals surface area contributed by atoms with Crippen LogP contribution in [0, 0.1) is 5.82 Å². The fourth-order valence-electron chi connectivity index (χ4n) is 2.14. The molecule has 0 saturated carbocycles. The van der Waals surface area contributed by atoms with Crippen LogP contribution in [0.25, 0.3) is 0 Å². The molecule has 0 heterocycles. The molecule has 2 aromatic carbocycles. The van der Waals surface area contributed by atoms with Crippen LogP contribution in [-0.4, -0.2) is 17.6 Å². The van der Waals surface area contributed by atoms with E-state index < -0.39 is 0 Å². The Labute approximate surface area is 151 Å². The van der Waals surface area contributed by atoms with Gasteiger partial charge in [-0.15, -0.1) is 11.8 Å². The molecular formula is C19H21FN2O2S. The van der Waals surface area contributed by atoms with E-state index in [2.05, 4.69) is 29.9 Å². The summed E-state index contributed by atoms with van der Waals surface area (Å²) in [4.78, 5) is 23.9. The lowest BCUT2D eigenvalue weighted by molar-refractivity contribution is -0.127. The molecule has 0 atom stereocenters. The van der Waals surface area contributed by atoms with Crippen LogP contribution in [0.5, 0.6) is 0 Å². The zero-order valence-corrected chi connectivity index (χ0v) is 14.9. The number of rotatable bonds is 7. The van der Waals surface area contributed by atoms with Crippen molar-refractivity contribution in [3.63, 3.8) is 0 Å². The quantitative estimate of drug-likeness (QED) is 0.589. The van der Waals surface area contributed by atoms with E-state index in [-0.39, 0.29) is 29.8 Å². The van der Waals surface area contributed by atoms with Gasteiger partial charge in [-0.1, -0.05) is 43.3 Å². The second-order valence-electron chi connectivity index (χ2n) is 5.49. The summed E-state index contributed by atoms with van der Waals surface area (Å²) in [5, 5.41) is 0. The first-order valence-corrected chi connectivity index (χ1v) is 9.10. The van der Waals surface area contributed by atoms with Crippen molar-refractivity contribution in [2.24, 2.45) is 0 Å². The molecule has 0 saturated heterocycles. The minimum absolute atomic E-state index is 0.0275. The number of amides is 2. The predicted octanol–water partition coefficient (Wildman–Crippen LogP) is 3.26. The number of hydrogen-bond donors (Lipinski definition) is 2. The lowest BCUT2D eigenvalue weighted by Crippen LogP contribution is -2.42. The van der Waals surface area contributed by atoms with Crippen molar-refractivity contribution in [3.8, 4) is 0 Å². The first-order chi connectivity index (χ1) is 12.1. The Hall–Kier alpha value is -2.34. The molecule has 132 valence electrons. The average molecular weight is 360 g/mol. The van der Waals surface area contributed by atoms with Crippen molar-refractivity contribution in [1.29, 1.82) is 0 Å². The highest BCUT2D eigenvalue weighted by atomic mass is 32.2. The normalized spacial score (nSPS) is 10.3. The van der Waals surface area contributed by atoms with Crippen molar-refractivity contribution >= 4 is 23.6 Å². The maximum absolute atomic E-state index is 13.4. The average Bonchev–Trinajstić information content (AvgIpc) is 2.64. The third-order valence-electron chi connectivity index (χ3n) is 3.61. The molecule has 0 spiro atoms. The fraction of sp³-hybridized carbons (Fsp3) is 0.263. The Morgan fingerprint density at radius 2 is 1.60 bits per heavy atom. The van der Waals surface area contributed by atoms with Gasteiger partial charge in [0.05, 0.1) is 5.75 Å². The molecule has 0 radical (unpaired) electrons. The van der Waals surface area contributed by atoms with Crippen LogP contribution >= 0.6 is 11.8 Å². The summed E-state index contributed by atoms with van der Waals surface area (Å²) in [6.45, 7) is 2.09. The Balaban J connectivity index is 1.66. The van der Waals surface area contributed by atoms with Gasteiger partial charge in [0, 0.05) is 11.3 Å². The predicted molar refractivity (Wildman–Crippen MR) is 97.6 cm³/mol. The van der Waals surface area contributed by atoms with Gasteiger partial charge >= 0.3 is 0 Å². The molecule has 0 aliphatic heterocycles.